The summed E-state index contributed by atoms with van der Waals surface area (Å²) >= 11 is 11.4. The smallest absolute Gasteiger partial charge is 0.372 e. The standard InChI is InChI=1S/C8H3Cl2NO3/c9-3-1-4(10)6-5(2-3)11-8(13)14-7(6)12/h1-2H,(H,11,13). The van der Waals surface area contributed by atoms with Gasteiger partial charge in [-0.25, -0.2) is 9.59 Å². The zero-order chi connectivity index (χ0) is 10.3. The molecule has 1 N–H and O–H groups in total. The zero-order valence-corrected chi connectivity index (χ0v) is 8.15. The Hall–Kier alpha value is -1.26. The summed E-state index contributed by atoms with van der Waals surface area (Å²) in [6, 6.07) is 2.84. The maximum atomic E-state index is 11.2. The summed E-state index contributed by atoms with van der Waals surface area (Å²) in [7, 11) is 0. The van der Waals surface area contributed by atoms with Gasteiger partial charge in [0.05, 0.1) is 10.5 Å². The SMILES string of the molecule is O=c1[nH]c2cc(Cl)cc(Cl)c2c(=O)o1. The van der Waals surface area contributed by atoms with Crippen molar-refractivity contribution in [1.82, 2.24) is 4.98 Å². The fraction of sp³-hybridized carbons (Fsp3) is 0. The third-order valence-corrected chi connectivity index (χ3v) is 2.20. The quantitative estimate of drug-likeness (QED) is 0.752. The Morgan fingerprint density at radius 3 is 2.64 bits per heavy atom. The molecule has 0 unspecified atom stereocenters. The second-order valence-corrected chi connectivity index (χ2v) is 3.46. The van der Waals surface area contributed by atoms with Crippen molar-refractivity contribution >= 4 is 34.1 Å². The second kappa shape index (κ2) is 3.15. The van der Waals surface area contributed by atoms with Crippen LogP contribution < -0.4 is 11.4 Å². The van der Waals surface area contributed by atoms with Gasteiger partial charge < -0.3 is 4.42 Å². The molecule has 0 saturated carbocycles. The van der Waals surface area contributed by atoms with Crippen LogP contribution in [-0.4, -0.2) is 4.98 Å². The Labute approximate surface area is 87.1 Å². The Bertz CT molecular complexity index is 614. The van der Waals surface area contributed by atoms with Crippen molar-refractivity contribution in [1.29, 1.82) is 0 Å². The number of fused-ring (bicyclic) bond motifs is 1. The minimum atomic E-state index is -0.833. The van der Waals surface area contributed by atoms with Crippen LogP contribution in [0.3, 0.4) is 0 Å². The van der Waals surface area contributed by atoms with Gasteiger partial charge in [0.25, 0.3) is 0 Å². The van der Waals surface area contributed by atoms with Crippen LogP contribution in [0.25, 0.3) is 10.9 Å². The topological polar surface area (TPSA) is 63.1 Å². The highest BCUT2D eigenvalue weighted by Gasteiger charge is 2.08. The fourth-order valence-electron chi connectivity index (χ4n) is 1.15. The number of rotatable bonds is 0. The third-order valence-electron chi connectivity index (χ3n) is 1.68. The lowest BCUT2D eigenvalue weighted by atomic mass is 10.2. The number of H-pyrrole nitrogens is 1. The molecule has 0 aliphatic carbocycles. The van der Waals surface area contributed by atoms with Crippen LogP contribution in [0.4, 0.5) is 0 Å². The van der Waals surface area contributed by atoms with Crippen molar-refractivity contribution in [3.8, 4) is 0 Å². The first-order chi connectivity index (χ1) is 6.58. The first-order valence-corrected chi connectivity index (χ1v) is 4.36. The Balaban J connectivity index is 3.10. The molecule has 6 heteroatoms. The average Bonchev–Trinajstić information content (AvgIpc) is 1.99. The van der Waals surface area contributed by atoms with E-state index in [0.29, 0.717) is 5.02 Å². The maximum absolute atomic E-state index is 11.2. The molecule has 2 rings (SSSR count). The maximum Gasteiger partial charge on any atom is 0.419 e. The van der Waals surface area contributed by atoms with Crippen LogP contribution in [0.1, 0.15) is 0 Å². The third kappa shape index (κ3) is 1.42. The van der Waals surface area contributed by atoms with Crippen molar-refractivity contribution in [2.45, 2.75) is 0 Å². The molecule has 72 valence electrons. The van der Waals surface area contributed by atoms with E-state index in [1.165, 1.54) is 12.1 Å². The highest BCUT2D eigenvalue weighted by atomic mass is 35.5. The normalized spacial score (nSPS) is 10.7. The Morgan fingerprint density at radius 2 is 1.93 bits per heavy atom. The van der Waals surface area contributed by atoms with Gasteiger partial charge in [-0.3, -0.25) is 4.98 Å². The summed E-state index contributed by atoms with van der Waals surface area (Å²) in [5.74, 6) is -0.833. The molecule has 0 radical (unpaired) electrons. The van der Waals surface area contributed by atoms with Crippen molar-refractivity contribution in [2.75, 3.05) is 0 Å². The zero-order valence-electron chi connectivity index (χ0n) is 6.64. The van der Waals surface area contributed by atoms with E-state index in [-0.39, 0.29) is 15.9 Å². The summed E-state index contributed by atoms with van der Waals surface area (Å²) in [6.45, 7) is 0. The number of halogens is 2. The molecular weight excluding hydrogens is 229 g/mol. The molecule has 2 aromatic rings. The van der Waals surface area contributed by atoms with Crippen LogP contribution >= 0.6 is 23.2 Å². The Kier molecular flexibility index (Phi) is 2.09. The van der Waals surface area contributed by atoms with E-state index in [1.807, 2.05) is 0 Å². The van der Waals surface area contributed by atoms with Crippen molar-refractivity contribution in [3.05, 3.63) is 43.1 Å². The number of aromatic nitrogens is 1. The van der Waals surface area contributed by atoms with Gasteiger partial charge in [-0.2, -0.15) is 0 Å². The predicted molar refractivity (Wildman–Crippen MR) is 53.1 cm³/mol. The van der Waals surface area contributed by atoms with E-state index < -0.39 is 11.4 Å². The van der Waals surface area contributed by atoms with Gasteiger partial charge in [-0.15, -0.1) is 0 Å². The van der Waals surface area contributed by atoms with Gasteiger partial charge in [0.1, 0.15) is 5.39 Å². The van der Waals surface area contributed by atoms with Crippen LogP contribution in [-0.2, 0) is 0 Å². The molecule has 14 heavy (non-hydrogen) atoms. The van der Waals surface area contributed by atoms with Crippen LogP contribution in [0.2, 0.25) is 10.0 Å². The highest BCUT2D eigenvalue weighted by molar-refractivity contribution is 6.38. The minimum absolute atomic E-state index is 0.121. The monoisotopic (exact) mass is 231 g/mol. The van der Waals surface area contributed by atoms with Crippen LogP contribution in [0.15, 0.2) is 26.1 Å². The Morgan fingerprint density at radius 1 is 1.21 bits per heavy atom. The van der Waals surface area contributed by atoms with E-state index in [9.17, 15) is 9.59 Å². The van der Waals surface area contributed by atoms with Crippen LogP contribution in [0.5, 0.6) is 0 Å². The van der Waals surface area contributed by atoms with Crippen LogP contribution in [0, 0.1) is 0 Å². The van der Waals surface area contributed by atoms with Crippen molar-refractivity contribution < 1.29 is 4.42 Å². The van der Waals surface area contributed by atoms with E-state index in [1.54, 1.807) is 0 Å². The molecule has 1 aromatic carbocycles. The lowest BCUT2D eigenvalue weighted by Crippen LogP contribution is -2.14. The lowest BCUT2D eigenvalue weighted by molar-refractivity contribution is 0.460. The lowest BCUT2D eigenvalue weighted by Gasteiger charge is -1.98. The first kappa shape index (κ1) is 9.30. The molecule has 0 atom stereocenters. The fourth-order valence-corrected chi connectivity index (χ4v) is 1.72. The van der Waals surface area contributed by atoms with Gasteiger partial charge in [-0.1, -0.05) is 23.2 Å². The second-order valence-electron chi connectivity index (χ2n) is 2.61. The predicted octanol–water partition coefficient (Wildman–Crippen LogP) is 1.79. The van der Waals surface area contributed by atoms with Gasteiger partial charge in [0.15, 0.2) is 0 Å². The summed E-state index contributed by atoms with van der Waals surface area (Å²) in [4.78, 5) is 24.4. The summed E-state index contributed by atoms with van der Waals surface area (Å²) in [6.07, 6.45) is 0. The molecule has 0 aliphatic rings. The molecule has 1 aromatic heterocycles. The van der Waals surface area contributed by atoms with Gasteiger partial charge in [0, 0.05) is 5.02 Å². The van der Waals surface area contributed by atoms with Gasteiger partial charge >= 0.3 is 11.4 Å². The number of benzene rings is 1. The summed E-state index contributed by atoms with van der Waals surface area (Å²) in [5, 5.41) is 0.608. The van der Waals surface area contributed by atoms with E-state index in [0.717, 1.165) is 0 Å². The van der Waals surface area contributed by atoms with E-state index in [2.05, 4.69) is 9.40 Å². The molecule has 1 heterocycles. The molecular formula is C8H3Cl2NO3. The molecule has 0 aliphatic heterocycles. The van der Waals surface area contributed by atoms with Gasteiger partial charge in [-0.05, 0) is 12.1 Å². The molecule has 0 spiro atoms. The first-order valence-electron chi connectivity index (χ1n) is 3.60. The van der Waals surface area contributed by atoms with Crippen molar-refractivity contribution in [2.24, 2.45) is 0 Å². The summed E-state index contributed by atoms with van der Waals surface area (Å²) < 4.78 is 4.32. The summed E-state index contributed by atoms with van der Waals surface area (Å²) in [5.41, 5.74) is -0.505. The molecule has 4 nitrogen and oxygen atoms in total. The highest BCUT2D eigenvalue weighted by Crippen LogP contribution is 2.23. The molecule has 0 saturated heterocycles. The largest absolute Gasteiger partial charge is 0.419 e. The number of hydrogen-bond donors (Lipinski definition) is 1. The number of nitrogens with one attached hydrogen (secondary N) is 1. The molecule has 0 fully saturated rings. The number of aromatic amines is 1. The molecule has 0 bridgehead atoms. The average molecular weight is 232 g/mol. The van der Waals surface area contributed by atoms with Gasteiger partial charge in [0.2, 0.25) is 0 Å². The minimum Gasteiger partial charge on any atom is -0.372 e. The molecule has 0 amide bonds. The van der Waals surface area contributed by atoms with Crippen molar-refractivity contribution in [3.63, 3.8) is 0 Å². The number of hydrogen-bond acceptors (Lipinski definition) is 3. The van der Waals surface area contributed by atoms with E-state index >= 15 is 0 Å². The van der Waals surface area contributed by atoms with E-state index in [4.69, 9.17) is 23.2 Å².